The van der Waals surface area contributed by atoms with E-state index in [1.54, 1.807) is 6.20 Å². The summed E-state index contributed by atoms with van der Waals surface area (Å²) < 4.78 is 0. The molecule has 1 aliphatic heterocycles. The van der Waals surface area contributed by atoms with Crippen molar-refractivity contribution in [2.24, 2.45) is 0 Å². The Morgan fingerprint density at radius 1 is 0.962 bits per heavy atom. The number of hydrogen-bond donors (Lipinski definition) is 1. The van der Waals surface area contributed by atoms with Crippen molar-refractivity contribution in [3.8, 4) is 0 Å². The Morgan fingerprint density at radius 3 is 2.62 bits per heavy atom. The van der Waals surface area contributed by atoms with E-state index in [1.807, 2.05) is 24.4 Å². The van der Waals surface area contributed by atoms with Crippen LogP contribution in [0.15, 0.2) is 36.7 Å². The molecule has 1 N–H and O–H groups in total. The molecule has 0 radical (unpaired) electrons. The van der Waals surface area contributed by atoms with E-state index in [0.717, 1.165) is 41.2 Å². The minimum Gasteiger partial charge on any atom is -0.370 e. The van der Waals surface area contributed by atoms with Gasteiger partial charge in [-0.25, -0.2) is 4.98 Å². The fourth-order valence-electron chi connectivity index (χ4n) is 3.28. The van der Waals surface area contributed by atoms with Crippen molar-refractivity contribution in [3.63, 3.8) is 0 Å². The van der Waals surface area contributed by atoms with Gasteiger partial charge in [-0.15, -0.1) is 5.10 Å². The van der Waals surface area contributed by atoms with Crippen molar-refractivity contribution >= 4 is 28.4 Å². The van der Waals surface area contributed by atoms with Gasteiger partial charge in [-0.05, 0) is 55.0 Å². The smallest absolute Gasteiger partial charge is 0.154 e. The zero-order valence-corrected chi connectivity index (χ0v) is 15.3. The van der Waals surface area contributed by atoms with Crippen LogP contribution in [0.3, 0.4) is 0 Å². The molecule has 0 aromatic carbocycles. The van der Waals surface area contributed by atoms with Crippen LogP contribution in [-0.2, 0) is 0 Å². The largest absolute Gasteiger partial charge is 0.370 e. The first-order chi connectivity index (χ1) is 12.7. The quantitative estimate of drug-likeness (QED) is 0.759. The molecule has 1 saturated heterocycles. The maximum absolute atomic E-state index is 4.73. The summed E-state index contributed by atoms with van der Waals surface area (Å²) in [5, 5.41) is 11.5. The molecule has 0 spiro atoms. The molecule has 6 nitrogen and oxygen atoms in total. The van der Waals surface area contributed by atoms with Gasteiger partial charge in [0.25, 0.3) is 0 Å². The molecule has 0 aliphatic carbocycles. The number of fused-ring (bicyclic) bond motifs is 1. The van der Waals surface area contributed by atoms with Gasteiger partial charge >= 0.3 is 0 Å². The lowest BCUT2D eigenvalue weighted by Crippen LogP contribution is -2.29. The molecule has 3 aromatic rings. The molecule has 134 valence electrons. The number of anilines is 3. The van der Waals surface area contributed by atoms with Crippen LogP contribution in [0.4, 0.5) is 17.3 Å². The zero-order valence-electron chi connectivity index (χ0n) is 15.3. The maximum atomic E-state index is 4.73. The van der Waals surface area contributed by atoms with Crippen molar-refractivity contribution < 1.29 is 0 Å². The van der Waals surface area contributed by atoms with Crippen LogP contribution in [0.1, 0.15) is 44.6 Å². The standard InChI is InChI=1S/C20H24N6/c1-14(2)15-10-20(25-22-12-15)24-19-7-6-17-18(23-19)11-16(13-21-17)26-8-4-3-5-9-26/h6-7,10-14H,3-5,8-9H2,1-2H3,(H,23,24,25). The summed E-state index contributed by atoms with van der Waals surface area (Å²) in [5.41, 5.74) is 4.10. The highest BCUT2D eigenvalue weighted by molar-refractivity contribution is 5.80. The van der Waals surface area contributed by atoms with Crippen molar-refractivity contribution in [1.82, 2.24) is 20.2 Å². The predicted molar refractivity (Wildman–Crippen MR) is 105 cm³/mol. The summed E-state index contributed by atoms with van der Waals surface area (Å²) in [6, 6.07) is 8.07. The van der Waals surface area contributed by atoms with Crippen LogP contribution in [-0.4, -0.2) is 33.3 Å². The Balaban J connectivity index is 1.60. The zero-order chi connectivity index (χ0) is 17.9. The van der Waals surface area contributed by atoms with Crippen LogP contribution >= 0.6 is 0 Å². The molecule has 0 bridgehead atoms. The number of pyridine rings is 2. The van der Waals surface area contributed by atoms with Gasteiger partial charge < -0.3 is 10.2 Å². The fourth-order valence-corrected chi connectivity index (χ4v) is 3.28. The summed E-state index contributed by atoms with van der Waals surface area (Å²) in [7, 11) is 0. The molecule has 1 fully saturated rings. The molecule has 0 amide bonds. The minimum absolute atomic E-state index is 0.409. The second kappa shape index (κ2) is 7.23. The molecule has 0 unspecified atom stereocenters. The average Bonchev–Trinajstić information content (AvgIpc) is 2.68. The number of nitrogens with zero attached hydrogens (tertiary/aromatic N) is 5. The van der Waals surface area contributed by atoms with Crippen LogP contribution in [0.25, 0.3) is 11.0 Å². The van der Waals surface area contributed by atoms with Crippen LogP contribution in [0, 0.1) is 0 Å². The summed E-state index contributed by atoms with van der Waals surface area (Å²) in [6.45, 7) is 6.48. The van der Waals surface area contributed by atoms with Gasteiger partial charge in [0, 0.05) is 13.1 Å². The van der Waals surface area contributed by atoms with Crippen LogP contribution in [0.2, 0.25) is 0 Å². The summed E-state index contributed by atoms with van der Waals surface area (Å²) in [6.07, 6.45) is 7.58. The fraction of sp³-hybridized carbons (Fsp3) is 0.400. The molecular weight excluding hydrogens is 324 g/mol. The first-order valence-electron chi connectivity index (χ1n) is 9.30. The second-order valence-electron chi connectivity index (χ2n) is 7.13. The molecule has 1 aliphatic rings. The third kappa shape index (κ3) is 3.59. The molecule has 6 heteroatoms. The van der Waals surface area contributed by atoms with Crippen molar-refractivity contribution in [2.45, 2.75) is 39.0 Å². The van der Waals surface area contributed by atoms with E-state index in [0.29, 0.717) is 11.7 Å². The van der Waals surface area contributed by atoms with E-state index in [1.165, 1.54) is 19.3 Å². The number of piperidine rings is 1. The van der Waals surface area contributed by atoms with Crippen molar-refractivity contribution in [3.05, 3.63) is 42.2 Å². The van der Waals surface area contributed by atoms with E-state index in [4.69, 9.17) is 4.98 Å². The lowest BCUT2D eigenvalue weighted by molar-refractivity contribution is 0.577. The summed E-state index contributed by atoms with van der Waals surface area (Å²) in [4.78, 5) is 11.7. The Kier molecular flexibility index (Phi) is 4.65. The number of rotatable bonds is 4. The second-order valence-corrected chi connectivity index (χ2v) is 7.13. The number of nitrogens with one attached hydrogen (secondary N) is 1. The highest BCUT2D eigenvalue weighted by Gasteiger charge is 2.12. The normalized spacial score (nSPS) is 14.8. The number of hydrogen-bond acceptors (Lipinski definition) is 6. The Hall–Kier alpha value is -2.76. The van der Waals surface area contributed by atoms with Gasteiger partial charge in [-0.2, -0.15) is 5.10 Å². The van der Waals surface area contributed by atoms with Gasteiger partial charge in [0.1, 0.15) is 5.82 Å². The molecule has 0 atom stereocenters. The Bertz CT molecular complexity index is 902. The molecular formula is C20H24N6. The van der Waals surface area contributed by atoms with Gasteiger partial charge in [-0.3, -0.25) is 4.98 Å². The molecule has 0 saturated carbocycles. The van der Waals surface area contributed by atoms with E-state index in [2.05, 4.69) is 45.3 Å². The molecule has 3 aromatic heterocycles. The first kappa shape index (κ1) is 16.7. The van der Waals surface area contributed by atoms with Crippen LogP contribution in [0.5, 0.6) is 0 Å². The highest BCUT2D eigenvalue weighted by atomic mass is 15.2. The van der Waals surface area contributed by atoms with E-state index in [9.17, 15) is 0 Å². The molecule has 4 heterocycles. The SMILES string of the molecule is CC(C)c1cnnc(Nc2ccc3ncc(N4CCCCC4)cc3n2)c1. The monoisotopic (exact) mass is 348 g/mol. The maximum Gasteiger partial charge on any atom is 0.154 e. The topological polar surface area (TPSA) is 66.8 Å². The van der Waals surface area contributed by atoms with Gasteiger partial charge in [0.2, 0.25) is 0 Å². The Labute approximate surface area is 153 Å². The van der Waals surface area contributed by atoms with Gasteiger partial charge in [0.15, 0.2) is 5.82 Å². The van der Waals surface area contributed by atoms with Gasteiger partial charge in [-0.1, -0.05) is 13.8 Å². The predicted octanol–water partition coefficient (Wildman–Crippen LogP) is 4.28. The van der Waals surface area contributed by atoms with E-state index >= 15 is 0 Å². The lowest BCUT2D eigenvalue weighted by Gasteiger charge is -2.28. The van der Waals surface area contributed by atoms with E-state index < -0.39 is 0 Å². The summed E-state index contributed by atoms with van der Waals surface area (Å²) >= 11 is 0. The third-order valence-electron chi connectivity index (χ3n) is 4.84. The van der Waals surface area contributed by atoms with Crippen molar-refractivity contribution in [1.29, 1.82) is 0 Å². The minimum atomic E-state index is 0.409. The number of aromatic nitrogens is 4. The summed E-state index contributed by atoms with van der Waals surface area (Å²) in [5.74, 6) is 1.88. The van der Waals surface area contributed by atoms with Crippen molar-refractivity contribution in [2.75, 3.05) is 23.3 Å². The molecule has 4 rings (SSSR count). The highest BCUT2D eigenvalue weighted by Crippen LogP contribution is 2.24. The average molecular weight is 348 g/mol. The van der Waals surface area contributed by atoms with Crippen LogP contribution < -0.4 is 10.2 Å². The Morgan fingerprint density at radius 2 is 1.81 bits per heavy atom. The van der Waals surface area contributed by atoms with Gasteiger partial charge in [0.05, 0.1) is 29.1 Å². The lowest BCUT2D eigenvalue weighted by atomic mass is 10.1. The third-order valence-corrected chi connectivity index (χ3v) is 4.84. The molecule has 26 heavy (non-hydrogen) atoms. The first-order valence-corrected chi connectivity index (χ1v) is 9.30. The van der Waals surface area contributed by atoms with E-state index in [-0.39, 0.29) is 0 Å².